The first-order chi connectivity index (χ1) is 12.8. The summed E-state index contributed by atoms with van der Waals surface area (Å²) >= 11 is 0. The third-order valence-electron chi connectivity index (χ3n) is 4.13. The summed E-state index contributed by atoms with van der Waals surface area (Å²) in [5, 5.41) is 6.61. The molecular formula is C20H17F2N3O2. The molecule has 0 fully saturated rings. The van der Waals surface area contributed by atoms with Gasteiger partial charge in [-0.15, -0.1) is 0 Å². The molecule has 0 radical (unpaired) electrons. The molecule has 1 amide bonds. The van der Waals surface area contributed by atoms with Crippen LogP contribution in [0, 0.1) is 11.6 Å². The van der Waals surface area contributed by atoms with Gasteiger partial charge in [0, 0.05) is 17.7 Å². The van der Waals surface area contributed by atoms with Gasteiger partial charge in [-0.05, 0) is 32.0 Å². The maximum atomic E-state index is 13.8. The fourth-order valence-corrected chi connectivity index (χ4v) is 2.54. The number of hydrogen-bond acceptors (Lipinski definition) is 3. The fourth-order valence-electron chi connectivity index (χ4n) is 2.54. The van der Waals surface area contributed by atoms with E-state index in [1.54, 1.807) is 6.07 Å². The third kappa shape index (κ3) is 3.76. The lowest BCUT2D eigenvalue weighted by atomic mass is 10.0. The van der Waals surface area contributed by atoms with E-state index >= 15 is 0 Å². The Morgan fingerprint density at radius 2 is 1.74 bits per heavy atom. The zero-order valence-corrected chi connectivity index (χ0v) is 14.7. The van der Waals surface area contributed by atoms with Crippen molar-refractivity contribution in [2.45, 2.75) is 19.4 Å². The summed E-state index contributed by atoms with van der Waals surface area (Å²) in [7, 11) is 0. The van der Waals surface area contributed by atoms with Crippen LogP contribution in [0.3, 0.4) is 0 Å². The molecule has 0 unspecified atom stereocenters. The number of carbonyl (C=O) groups is 1. The summed E-state index contributed by atoms with van der Waals surface area (Å²) in [6.45, 7) is 2.95. The predicted octanol–water partition coefficient (Wildman–Crippen LogP) is 3.56. The second kappa shape index (κ2) is 7.11. The Kier molecular flexibility index (Phi) is 4.85. The van der Waals surface area contributed by atoms with Gasteiger partial charge in [-0.1, -0.05) is 30.3 Å². The van der Waals surface area contributed by atoms with Crippen LogP contribution < -0.4 is 10.9 Å². The summed E-state index contributed by atoms with van der Waals surface area (Å²) in [5.74, 6) is -2.17. The Labute approximate surface area is 154 Å². The van der Waals surface area contributed by atoms with E-state index in [2.05, 4.69) is 10.4 Å². The third-order valence-corrected chi connectivity index (χ3v) is 4.13. The Bertz CT molecular complexity index is 1050. The molecule has 1 N–H and O–H groups in total. The standard InChI is InChI=1S/C20H17F2N3O2/c1-20(2,19(27)23-17-12-14(21)8-9-15(17)22)25-18(26)11-10-16(24-25)13-6-4-3-5-7-13/h3-12H,1-2H3,(H,23,27). The topological polar surface area (TPSA) is 64.0 Å². The van der Waals surface area contributed by atoms with Crippen LogP contribution in [0.25, 0.3) is 11.3 Å². The number of nitrogens with one attached hydrogen (secondary N) is 1. The van der Waals surface area contributed by atoms with E-state index in [1.807, 2.05) is 30.3 Å². The van der Waals surface area contributed by atoms with E-state index in [9.17, 15) is 18.4 Å². The number of aromatic nitrogens is 2. The smallest absolute Gasteiger partial charge is 0.267 e. The van der Waals surface area contributed by atoms with Crippen molar-refractivity contribution in [3.05, 3.63) is 82.7 Å². The van der Waals surface area contributed by atoms with E-state index in [0.717, 1.165) is 28.4 Å². The number of rotatable bonds is 4. The van der Waals surface area contributed by atoms with Crippen molar-refractivity contribution in [3.63, 3.8) is 0 Å². The quantitative estimate of drug-likeness (QED) is 0.765. The van der Waals surface area contributed by atoms with Gasteiger partial charge in [0.2, 0.25) is 0 Å². The SMILES string of the molecule is CC(C)(C(=O)Nc1cc(F)ccc1F)n1nc(-c2ccccc2)ccc1=O. The minimum absolute atomic E-state index is 0.305. The van der Waals surface area contributed by atoms with Crippen LogP contribution in [0.4, 0.5) is 14.5 Å². The summed E-state index contributed by atoms with van der Waals surface area (Å²) in [6.07, 6.45) is 0. The molecule has 138 valence electrons. The van der Waals surface area contributed by atoms with Gasteiger partial charge in [0.05, 0.1) is 11.4 Å². The lowest BCUT2D eigenvalue weighted by molar-refractivity contribution is -0.123. The molecule has 7 heteroatoms. The predicted molar refractivity (Wildman–Crippen MR) is 98.2 cm³/mol. The second-order valence-corrected chi connectivity index (χ2v) is 6.47. The second-order valence-electron chi connectivity index (χ2n) is 6.47. The molecule has 2 aromatic carbocycles. The normalized spacial score (nSPS) is 11.3. The Hall–Kier alpha value is -3.35. The molecule has 0 saturated heterocycles. The van der Waals surface area contributed by atoms with Crippen LogP contribution in [-0.4, -0.2) is 15.7 Å². The maximum Gasteiger partial charge on any atom is 0.267 e. The maximum absolute atomic E-state index is 13.8. The van der Waals surface area contributed by atoms with E-state index in [4.69, 9.17) is 0 Å². The highest BCUT2D eigenvalue weighted by Crippen LogP contribution is 2.21. The molecular weight excluding hydrogens is 352 g/mol. The van der Waals surface area contributed by atoms with Crippen molar-refractivity contribution in [1.82, 2.24) is 9.78 Å². The summed E-state index contributed by atoms with van der Waals surface area (Å²) < 4.78 is 28.2. The summed E-state index contributed by atoms with van der Waals surface area (Å²) in [6, 6.07) is 14.8. The van der Waals surface area contributed by atoms with E-state index in [0.29, 0.717) is 5.69 Å². The molecule has 0 aliphatic rings. The molecule has 0 atom stereocenters. The van der Waals surface area contributed by atoms with Crippen LogP contribution in [-0.2, 0) is 10.3 Å². The van der Waals surface area contributed by atoms with E-state index in [1.165, 1.54) is 19.9 Å². The van der Waals surface area contributed by atoms with Crippen LogP contribution >= 0.6 is 0 Å². The van der Waals surface area contributed by atoms with Crippen molar-refractivity contribution in [3.8, 4) is 11.3 Å². The largest absolute Gasteiger partial charge is 0.321 e. The lowest BCUT2D eigenvalue weighted by Gasteiger charge is -2.25. The van der Waals surface area contributed by atoms with Crippen molar-refractivity contribution >= 4 is 11.6 Å². The number of amides is 1. The minimum Gasteiger partial charge on any atom is -0.321 e. The minimum atomic E-state index is -1.44. The Morgan fingerprint density at radius 3 is 2.44 bits per heavy atom. The molecule has 0 aliphatic carbocycles. The van der Waals surface area contributed by atoms with Gasteiger partial charge < -0.3 is 5.32 Å². The monoisotopic (exact) mass is 369 g/mol. The number of halogens is 2. The van der Waals surface area contributed by atoms with E-state index < -0.39 is 28.6 Å². The fraction of sp³-hybridized carbons (Fsp3) is 0.150. The number of anilines is 1. The first-order valence-corrected chi connectivity index (χ1v) is 8.22. The lowest BCUT2D eigenvalue weighted by Crippen LogP contribution is -2.47. The summed E-state index contributed by atoms with van der Waals surface area (Å²) in [4.78, 5) is 25.0. The van der Waals surface area contributed by atoms with Gasteiger partial charge >= 0.3 is 0 Å². The molecule has 0 bridgehead atoms. The number of benzene rings is 2. The number of hydrogen-bond donors (Lipinski definition) is 1. The van der Waals surface area contributed by atoms with Crippen molar-refractivity contribution in [2.75, 3.05) is 5.32 Å². The Morgan fingerprint density at radius 1 is 1.04 bits per heavy atom. The van der Waals surface area contributed by atoms with Gasteiger partial charge in [-0.2, -0.15) is 5.10 Å². The first kappa shape index (κ1) is 18.4. The van der Waals surface area contributed by atoms with Crippen LogP contribution in [0.1, 0.15) is 13.8 Å². The average molecular weight is 369 g/mol. The van der Waals surface area contributed by atoms with Gasteiger partial charge in [-0.3, -0.25) is 9.59 Å². The van der Waals surface area contributed by atoms with Crippen molar-refractivity contribution in [1.29, 1.82) is 0 Å². The van der Waals surface area contributed by atoms with Crippen LogP contribution in [0.5, 0.6) is 0 Å². The molecule has 1 aromatic heterocycles. The number of carbonyl (C=O) groups excluding carboxylic acids is 1. The zero-order chi connectivity index (χ0) is 19.6. The molecule has 27 heavy (non-hydrogen) atoms. The molecule has 0 aliphatic heterocycles. The van der Waals surface area contributed by atoms with Gasteiger partial charge in [-0.25, -0.2) is 13.5 Å². The molecule has 0 saturated carbocycles. The van der Waals surface area contributed by atoms with E-state index in [-0.39, 0.29) is 5.69 Å². The molecule has 5 nitrogen and oxygen atoms in total. The molecule has 3 aromatic rings. The highest BCUT2D eigenvalue weighted by Gasteiger charge is 2.33. The summed E-state index contributed by atoms with van der Waals surface area (Å²) in [5.41, 5.74) is -0.956. The molecule has 3 rings (SSSR count). The first-order valence-electron chi connectivity index (χ1n) is 8.22. The van der Waals surface area contributed by atoms with Crippen LogP contribution in [0.2, 0.25) is 0 Å². The highest BCUT2D eigenvalue weighted by molar-refractivity contribution is 5.96. The van der Waals surface area contributed by atoms with Gasteiger partial charge in [0.15, 0.2) is 0 Å². The van der Waals surface area contributed by atoms with Gasteiger partial charge in [0.1, 0.15) is 17.2 Å². The zero-order valence-electron chi connectivity index (χ0n) is 14.7. The molecule has 1 heterocycles. The van der Waals surface area contributed by atoms with Crippen molar-refractivity contribution in [2.24, 2.45) is 0 Å². The molecule has 0 spiro atoms. The highest BCUT2D eigenvalue weighted by atomic mass is 19.1. The van der Waals surface area contributed by atoms with Gasteiger partial charge in [0.25, 0.3) is 11.5 Å². The average Bonchev–Trinajstić information content (AvgIpc) is 2.65. The Balaban J connectivity index is 1.97. The van der Waals surface area contributed by atoms with Crippen molar-refractivity contribution < 1.29 is 13.6 Å². The number of nitrogens with zero attached hydrogens (tertiary/aromatic N) is 2. The van der Waals surface area contributed by atoms with Crippen LogP contribution in [0.15, 0.2) is 65.5 Å².